The molecule has 0 aliphatic carbocycles. The number of carboxylic acids is 1. The normalized spacial score (nSPS) is 14.5. The van der Waals surface area contributed by atoms with Crippen molar-refractivity contribution in [3.05, 3.63) is 21.9 Å². The number of nitrogens with one attached hydrogen (secondary N) is 1. The fourth-order valence-corrected chi connectivity index (χ4v) is 2.50. The van der Waals surface area contributed by atoms with E-state index < -0.39 is 11.6 Å². The average Bonchev–Trinajstić information content (AvgIpc) is 2.66. The predicted octanol–water partition coefficient (Wildman–Crippen LogP) is 2.09. The molecule has 1 heterocycles. The molecular weight excluding hydrogens is 238 g/mol. The summed E-state index contributed by atoms with van der Waals surface area (Å²) in [5, 5.41) is 23.5. The van der Waals surface area contributed by atoms with Crippen molar-refractivity contribution in [2.75, 3.05) is 6.54 Å². The Morgan fingerprint density at radius 2 is 2.29 bits per heavy atom. The minimum atomic E-state index is -0.898. The highest BCUT2D eigenvalue weighted by Crippen LogP contribution is 2.15. The quantitative estimate of drug-likeness (QED) is 0.699. The van der Waals surface area contributed by atoms with Gasteiger partial charge in [-0.15, -0.1) is 11.3 Å². The lowest BCUT2D eigenvalue weighted by Crippen LogP contribution is -2.37. The lowest BCUT2D eigenvalue weighted by molar-refractivity contribution is 0.0498. The smallest absolute Gasteiger partial charge is 0.336 e. The first kappa shape index (κ1) is 14.2. The van der Waals surface area contributed by atoms with E-state index in [-0.39, 0.29) is 0 Å². The Balaban J connectivity index is 2.38. The van der Waals surface area contributed by atoms with Gasteiger partial charge in [0.2, 0.25) is 0 Å². The fourth-order valence-electron chi connectivity index (χ4n) is 1.67. The van der Waals surface area contributed by atoms with Crippen LogP contribution in [0.25, 0.3) is 0 Å². The van der Waals surface area contributed by atoms with Gasteiger partial charge in [0.05, 0.1) is 11.2 Å². The summed E-state index contributed by atoms with van der Waals surface area (Å²) in [7, 11) is 0. The lowest BCUT2D eigenvalue weighted by atomic mass is 10.0. The number of carboxylic acid groups (broad SMARTS) is 1. The highest BCUT2D eigenvalue weighted by Gasteiger charge is 2.18. The summed E-state index contributed by atoms with van der Waals surface area (Å²) < 4.78 is 0. The molecule has 0 amide bonds. The molecule has 0 bridgehead atoms. The number of aliphatic hydroxyl groups is 1. The summed E-state index contributed by atoms with van der Waals surface area (Å²) >= 11 is 1.42. The van der Waals surface area contributed by atoms with E-state index in [9.17, 15) is 9.90 Å². The first-order valence-electron chi connectivity index (χ1n) is 5.68. The number of hydrogen-bond acceptors (Lipinski definition) is 4. The number of thiophene rings is 1. The monoisotopic (exact) mass is 257 g/mol. The molecular formula is C12H19NO3S. The molecule has 0 fully saturated rings. The molecule has 4 nitrogen and oxygen atoms in total. The first-order chi connectivity index (χ1) is 7.94. The van der Waals surface area contributed by atoms with Crippen LogP contribution in [0.4, 0.5) is 0 Å². The van der Waals surface area contributed by atoms with Crippen LogP contribution >= 0.6 is 11.3 Å². The molecule has 0 aliphatic rings. The molecule has 0 aromatic carbocycles. The summed E-state index contributed by atoms with van der Waals surface area (Å²) in [6, 6.07) is 1.66. The zero-order valence-corrected chi connectivity index (χ0v) is 11.0. The maximum absolute atomic E-state index is 10.7. The zero-order chi connectivity index (χ0) is 12.9. The molecule has 0 saturated heterocycles. The van der Waals surface area contributed by atoms with Gasteiger partial charge in [-0.2, -0.15) is 0 Å². The van der Waals surface area contributed by atoms with Gasteiger partial charge in [0.15, 0.2) is 0 Å². The summed E-state index contributed by atoms with van der Waals surface area (Å²) in [6.07, 6.45) is 1.70. The summed E-state index contributed by atoms with van der Waals surface area (Å²) in [5.74, 6) is -0.898. The molecule has 96 valence electrons. The Morgan fingerprint density at radius 1 is 1.59 bits per heavy atom. The minimum Gasteiger partial charge on any atom is -0.478 e. The van der Waals surface area contributed by atoms with Crippen LogP contribution in [0, 0.1) is 0 Å². The van der Waals surface area contributed by atoms with Crippen LogP contribution < -0.4 is 5.32 Å². The largest absolute Gasteiger partial charge is 0.478 e. The molecule has 1 unspecified atom stereocenters. The van der Waals surface area contributed by atoms with E-state index in [0.29, 0.717) is 18.7 Å². The van der Waals surface area contributed by atoms with E-state index in [1.165, 1.54) is 11.3 Å². The topological polar surface area (TPSA) is 69.6 Å². The lowest BCUT2D eigenvalue weighted by Gasteiger charge is -2.22. The molecule has 1 aromatic heterocycles. The Bertz CT molecular complexity index is 374. The molecule has 1 atom stereocenters. The average molecular weight is 257 g/mol. The van der Waals surface area contributed by atoms with Crippen LogP contribution in [0.3, 0.4) is 0 Å². The van der Waals surface area contributed by atoms with Crippen molar-refractivity contribution in [3.8, 4) is 0 Å². The molecule has 5 heteroatoms. The molecule has 3 N–H and O–H groups in total. The first-order valence-corrected chi connectivity index (χ1v) is 6.56. The third-order valence-corrected chi connectivity index (χ3v) is 3.43. The van der Waals surface area contributed by atoms with Crippen molar-refractivity contribution in [2.24, 2.45) is 0 Å². The number of carbonyl (C=O) groups is 1. The Hall–Kier alpha value is -0.910. The van der Waals surface area contributed by atoms with Crippen LogP contribution in [-0.4, -0.2) is 28.3 Å². The molecule has 0 saturated carbocycles. The second-order valence-corrected chi connectivity index (χ2v) is 5.45. The van der Waals surface area contributed by atoms with E-state index in [1.54, 1.807) is 18.4 Å². The van der Waals surface area contributed by atoms with Crippen LogP contribution in [0.2, 0.25) is 0 Å². The van der Waals surface area contributed by atoms with Crippen molar-refractivity contribution in [1.29, 1.82) is 0 Å². The highest BCUT2D eigenvalue weighted by molar-refractivity contribution is 7.10. The van der Waals surface area contributed by atoms with Crippen molar-refractivity contribution < 1.29 is 15.0 Å². The summed E-state index contributed by atoms with van der Waals surface area (Å²) in [6.45, 7) is 4.95. The third-order valence-electron chi connectivity index (χ3n) is 2.49. The van der Waals surface area contributed by atoms with E-state index >= 15 is 0 Å². The van der Waals surface area contributed by atoms with Gasteiger partial charge >= 0.3 is 5.97 Å². The van der Waals surface area contributed by atoms with E-state index in [1.807, 2.05) is 6.92 Å². The highest BCUT2D eigenvalue weighted by atomic mass is 32.1. The third kappa shape index (κ3) is 4.85. The van der Waals surface area contributed by atoms with Crippen molar-refractivity contribution in [1.82, 2.24) is 5.32 Å². The number of aromatic carboxylic acids is 1. The standard InChI is InChI=1S/C12H19NO3S/c1-3-4-12(2,16)8-13-6-10-5-9(7-17-10)11(14)15/h5,7,13,16H,3-4,6,8H2,1-2H3,(H,14,15). The summed E-state index contributed by atoms with van der Waals surface area (Å²) in [4.78, 5) is 11.6. The Morgan fingerprint density at radius 3 is 2.82 bits per heavy atom. The number of rotatable bonds is 7. The van der Waals surface area contributed by atoms with Crippen molar-refractivity contribution in [3.63, 3.8) is 0 Å². The molecule has 0 spiro atoms. The van der Waals surface area contributed by atoms with Crippen LogP contribution in [0.5, 0.6) is 0 Å². The predicted molar refractivity (Wildman–Crippen MR) is 68.5 cm³/mol. The van der Waals surface area contributed by atoms with Crippen molar-refractivity contribution >= 4 is 17.3 Å². The van der Waals surface area contributed by atoms with E-state index in [4.69, 9.17) is 5.11 Å². The molecule has 0 aliphatic heterocycles. The SMILES string of the molecule is CCCC(C)(O)CNCc1cc(C(=O)O)cs1. The fraction of sp³-hybridized carbons (Fsp3) is 0.583. The van der Waals surface area contributed by atoms with Gasteiger partial charge in [0.25, 0.3) is 0 Å². The molecule has 1 aromatic rings. The van der Waals surface area contributed by atoms with Gasteiger partial charge in [0.1, 0.15) is 0 Å². The summed E-state index contributed by atoms with van der Waals surface area (Å²) in [5.41, 5.74) is -0.367. The zero-order valence-electron chi connectivity index (χ0n) is 10.2. The molecule has 0 radical (unpaired) electrons. The van der Waals surface area contributed by atoms with Crippen LogP contribution in [0.15, 0.2) is 11.4 Å². The number of hydrogen-bond donors (Lipinski definition) is 3. The van der Waals surface area contributed by atoms with Crippen LogP contribution in [-0.2, 0) is 6.54 Å². The van der Waals surface area contributed by atoms with Crippen LogP contribution in [0.1, 0.15) is 41.9 Å². The molecule has 1 rings (SSSR count). The Kier molecular flexibility index (Phi) is 5.11. The second kappa shape index (κ2) is 6.14. The van der Waals surface area contributed by atoms with Gasteiger partial charge in [-0.05, 0) is 19.4 Å². The minimum absolute atomic E-state index is 0.326. The second-order valence-electron chi connectivity index (χ2n) is 4.46. The molecule has 17 heavy (non-hydrogen) atoms. The Labute approximate surface area is 105 Å². The van der Waals surface area contributed by atoms with E-state index in [2.05, 4.69) is 5.32 Å². The van der Waals surface area contributed by atoms with Gasteiger partial charge in [-0.3, -0.25) is 0 Å². The van der Waals surface area contributed by atoms with Crippen molar-refractivity contribution in [2.45, 2.75) is 38.8 Å². The maximum atomic E-state index is 10.7. The maximum Gasteiger partial charge on any atom is 0.336 e. The van der Waals surface area contributed by atoms with Gasteiger partial charge < -0.3 is 15.5 Å². The van der Waals surface area contributed by atoms with Gasteiger partial charge in [0, 0.05) is 23.3 Å². The van der Waals surface area contributed by atoms with E-state index in [0.717, 1.165) is 17.7 Å². The van der Waals surface area contributed by atoms with Gasteiger partial charge in [-0.25, -0.2) is 4.79 Å². The van der Waals surface area contributed by atoms with Gasteiger partial charge in [-0.1, -0.05) is 13.3 Å².